The molecule has 22 heavy (non-hydrogen) atoms. The number of hydrogen-bond donors (Lipinski definition) is 1. The number of carbonyl (C=O) groups excluding carboxylic acids is 1. The van der Waals surface area contributed by atoms with Gasteiger partial charge >= 0.3 is 0 Å². The lowest BCUT2D eigenvalue weighted by molar-refractivity contribution is -0.230. The lowest BCUT2D eigenvalue weighted by Gasteiger charge is -2.66. The number of ether oxygens (including phenoxy) is 1. The Balaban J connectivity index is 1.72. The fourth-order valence-electron chi connectivity index (χ4n) is 5.04. The highest BCUT2D eigenvalue weighted by Gasteiger charge is 2.70. The van der Waals surface area contributed by atoms with E-state index in [1.807, 2.05) is 4.90 Å². The van der Waals surface area contributed by atoms with Gasteiger partial charge in [-0.1, -0.05) is 27.7 Å². The van der Waals surface area contributed by atoms with Gasteiger partial charge in [0.1, 0.15) is 5.54 Å². The number of likely N-dealkylation sites (tertiary alicyclic amines) is 1. The van der Waals surface area contributed by atoms with E-state index in [0.717, 1.165) is 51.3 Å². The maximum atomic E-state index is 13.2. The van der Waals surface area contributed by atoms with Crippen molar-refractivity contribution >= 4 is 5.91 Å². The number of fused-ring (bicyclic) bond motifs is 1. The van der Waals surface area contributed by atoms with Gasteiger partial charge in [0.15, 0.2) is 0 Å². The Labute approximate surface area is 134 Å². The van der Waals surface area contributed by atoms with E-state index in [9.17, 15) is 4.79 Å². The second kappa shape index (κ2) is 5.48. The van der Waals surface area contributed by atoms with E-state index in [1.54, 1.807) is 0 Å². The van der Waals surface area contributed by atoms with Gasteiger partial charge in [0.25, 0.3) is 0 Å². The van der Waals surface area contributed by atoms with Gasteiger partial charge in [0.05, 0.1) is 6.10 Å². The summed E-state index contributed by atoms with van der Waals surface area (Å²) in [7, 11) is 0. The van der Waals surface area contributed by atoms with Crippen LogP contribution in [0.3, 0.4) is 0 Å². The molecule has 3 unspecified atom stereocenters. The van der Waals surface area contributed by atoms with E-state index in [-0.39, 0.29) is 23.3 Å². The summed E-state index contributed by atoms with van der Waals surface area (Å²) in [6.45, 7) is 11.3. The minimum absolute atomic E-state index is 0.156. The molecule has 4 nitrogen and oxygen atoms in total. The van der Waals surface area contributed by atoms with Crippen molar-refractivity contribution in [3.05, 3.63) is 0 Å². The van der Waals surface area contributed by atoms with Crippen molar-refractivity contribution in [2.75, 3.05) is 19.7 Å². The quantitative estimate of drug-likeness (QED) is 0.852. The molecule has 4 heteroatoms. The predicted molar refractivity (Wildman–Crippen MR) is 87.3 cm³/mol. The number of carbonyl (C=O) groups is 1. The molecule has 3 atom stereocenters. The summed E-state index contributed by atoms with van der Waals surface area (Å²) in [6, 6.07) is 0. The van der Waals surface area contributed by atoms with Crippen LogP contribution < -0.4 is 5.73 Å². The van der Waals surface area contributed by atoms with Crippen LogP contribution in [-0.2, 0) is 9.53 Å². The lowest BCUT2D eigenvalue weighted by Crippen LogP contribution is -2.82. The van der Waals surface area contributed by atoms with Gasteiger partial charge < -0.3 is 15.4 Å². The molecule has 126 valence electrons. The molecule has 1 aliphatic carbocycles. The van der Waals surface area contributed by atoms with Crippen LogP contribution in [0.5, 0.6) is 0 Å². The molecule has 0 spiro atoms. The first-order chi connectivity index (χ1) is 10.3. The zero-order valence-corrected chi connectivity index (χ0v) is 14.6. The van der Waals surface area contributed by atoms with Crippen LogP contribution in [0, 0.1) is 23.2 Å². The standard InChI is InChI=1S/C18H32N2O2/c1-12(2)13-7-9-20(10-8-13)16(21)18(19)14-6-5-11-22-15(14)17(18,3)4/h12-15H,5-11,19H2,1-4H3. The summed E-state index contributed by atoms with van der Waals surface area (Å²) in [5, 5.41) is 0. The van der Waals surface area contributed by atoms with E-state index in [1.165, 1.54) is 0 Å². The molecular formula is C18H32N2O2. The molecule has 0 radical (unpaired) electrons. The number of rotatable bonds is 2. The summed E-state index contributed by atoms with van der Waals surface area (Å²) in [4.78, 5) is 15.2. The van der Waals surface area contributed by atoms with Crippen molar-refractivity contribution in [1.29, 1.82) is 0 Å². The predicted octanol–water partition coefficient (Wildman–Crippen LogP) is 2.41. The smallest absolute Gasteiger partial charge is 0.243 e. The molecule has 3 fully saturated rings. The number of nitrogens with two attached hydrogens (primary N) is 1. The fourth-order valence-corrected chi connectivity index (χ4v) is 5.04. The number of nitrogens with zero attached hydrogens (tertiary/aromatic N) is 1. The van der Waals surface area contributed by atoms with Crippen LogP contribution in [-0.4, -0.2) is 42.1 Å². The zero-order chi connectivity index (χ0) is 16.1. The van der Waals surface area contributed by atoms with Crippen molar-refractivity contribution in [3.8, 4) is 0 Å². The van der Waals surface area contributed by atoms with Gasteiger partial charge in [-0.15, -0.1) is 0 Å². The van der Waals surface area contributed by atoms with Gasteiger partial charge in [-0.3, -0.25) is 4.79 Å². The first-order valence-corrected chi connectivity index (χ1v) is 9.00. The maximum absolute atomic E-state index is 13.2. The minimum atomic E-state index is -0.733. The molecule has 1 saturated carbocycles. The van der Waals surface area contributed by atoms with Crippen LogP contribution in [0.4, 0.5) is 0 Å². The molecule has 3 rings (SSSR count). The largest absolute Gasteiger partial charge is 0.377 e. The summed E-state index contributed by atoms with van der Waals surface area (Å²) in [5.74, 6) is 1.83. The zero-order valence-electron chi connectivity index (χ0n) is 14.6. The Kier molecular flexibility index (Phi) is 4.05. The Morgan fingerprint density at radius 1 is 1.23 bits per heavy atom. The van der Waals surface area contributed by atoms with Crippen LogP contribution in [0.25, 0.3) is 0 Å². The second-order valence-electron chi connectivity index (χ2n) is 8.50. The van der Waals surface area contributed by atoms with Crippen LogP contribution >= 0.6 is 0 Å². The normalized spacial score (nSPS) is 38.5. The summed E-state index contributed by atoms with van der Waals surface area (Å²) in [5.41, 5.74) is 5.74. The molecule has 0 aromatic carbocycles. The third-order valence-electron chi connectivity index (χ3n) is 6.81. The third kappa shape index (κ3) is 2.14. The average molecular weight is 308 g/mol. The highest BCUT2D eigenvalue weighted by molar-refractivity contribution is 5.89. The first-order valence-electron chi connectivity index (χ1n) is 9.00. The van der Waals surface area contributed by atoms with E-state index >= 15 is 0 Å². The van der Waals surface area contributed by atoms with Crippen LogP contribution in [0.2, 0.25) is 0 Å². The molecule has 2 saturated heterocycles. The molecule has 0 aromatic rings. The Morgan fingerprint density at radius 3 is 2.45 bits per heavy atom. The number of hydrogen-bond acceptors (Lipinski definition) is 3. The molecular weight excluding hydrogens is 276 g/mol. The maximum Gasteiger partial charge on any atom is 0.243 e. The summed E-state index contributed by atoms with van der Waals surface area (Å²) < 4.78 is 5.92. The monoisotopic (exact) mass is 308 g/mol. The Morgan fingerprint density at radius 2 is 1.86 bits per heavy atom. The topological polar surface area (TPSA) is 55.6 Å². The first kappa shape index (κ1) is 16.3. The van der Waals surface area contributed by atoms with E-state index in [4.69, 9.17) is 10.5 Å². The average Bonchev–Trinajstić information content (AvgIpc) is 2.53. The summed E-state index contributed by atoms with van der Waals surface area (Å²) in [6.07, 6.45) is 4.44. The van der Waals surface area contributed by atoms with Crippen LogP contribution in [0.15, 0.2) is 0 Å². The number of amides is 1. The minimum Gasteiger partial charge on any atom is -0.377 e. The van der Waals surface area contributed by atoms with Crippen molar-refractivity contribution < 1.29 is 9.53 Å². The molecule has 2 N–H and O–H groups in total. The molecule has 2 aliphatic heterocycles. The molecule has 0 aromatic heterocycles. The Bertz CT molecular complexity index is 440. The second-order valence-corrected chi connectivity index (χ2v) is 8.50. The summed E-state index contributed by atoms with van der Waals surface area (Å²) >= 11 is 0. The van der Waals surface area contributed by atoms with Crippen molar-refractivity contribution in [2.24, 2.45) is 28.9 Å². The van der Waals surface area contributed by atoms with Crippen LogP contribution in [0.1, 0.15) is 53.4 Å². The highest BCUT2D eigenvalue weighted by atomic mass is 16.5. The highest BCUT2D eigenvalue weighted by Crippen LogP contribution is 2.58. The van der Waals surface area contributed by atoms with E-state index in [2.05, 4.69) is 27.7 Å². The van der Waals surface area contributed by atoms with Gasteiger partial charge in [-0.25, -0.2) is 0 Å². The van der Waals surface area contributed by atoms with Gasteiger partial charge in [-0.2, -0.15) is 0 Å². The fraction of sp³-hybridized carbons (Fsp3) is 0.944. The van der Waals surface area contributed by atoms with Gasteiger partial charge in [0, 0.05) is 31.0 Å². The van der Waals surface area contributed by atoms with Crippen molar-refractivity contribution in [3.63, 3.8) is 0 Å². The SMILES string of the molecule is CC(C)C1CCN(C(=O)C2(N)C3CCCOC3C2(C)C)CC1. The molecule has 3 aliphatic rings. The van der Waals surface area contributed by atoms with E-state index < -0.39 is 5.54 Å². The van der Waals surface area contributed by atoms with Gasteiger partial charge in [-0.05, 0) is 37.5 Å². The Hall–Kier alpha value is -0.610. The van der Waals surface area contributed by atoms with E-state index in [0.29, 0.717) is 5.92 Å². The lowest BCUT2D eigenvalue weighted by atomic mass is 9.46. The third-order valence-corrected chi connectivity index (χ3v) is 6.81. The van der Waals surface area contributed by atoms with Crippen molar-refractivity contribution in [1.82, 2.24) is 4.90 Å². The van der Waals surface area contributed by atoms with Gasteiger partial charge in [0.2, 0.25) is 5.91 Å². The molecule has 0 bridgehead atoms. The molecule has 2 heterocycles. The number of piperidine rings is 1. The van der Waals surface area contributed by atoms with Crippen molar-refractivity contribution in [2.45, 2.75) is 65.0 Å². The molecule has 1 amide bonds.